The molecule has 0 aromatic carbocycles. The Morgan fingerprint density at radius 1 is 1.08 bits per heavy atom. The van der Waals surface area contributed by atoms with Crippen molar-refractivity contribution in [3.05, 3.63) is 11.1 Å². The first-order valence-corrected chi connectivity index (χ1v) is 11.7. The quantitative estimate of drug-likeness (QED) is 0.454. The van der Waals surface area contributed by atoms with Crippen molar-refractivity contribution >= 4 is 21.7 Å². The van der Waals surface area contributed by atoms with Crippen LogP contribution >= 0.6 is 15.9 Å². The number of carbonyl (C=O) groups is 1. The van der Waals surface area contributed by atoms with Crippen LogP contribution in [0.3, 0.4) is 0 Å². The lowest BCUT2D eigenvalue weighted by atomic mass is 9.48. The van der Waals surface area contributed by atoms with E-state index in [-0.39, 0.29) is 11.2 Å². The number of ether oxygens (including phenoxy) is 2. The van der Waals surface area contributed by atoms with E-state index in [4.69, 9.17) is 9.47 Å². The minimum Gasteiger partial charge on any atom is -0.348 e. The van der Waals surface area contributed by atoms with Crippen LogP contribution < -0.4 is 0 Å². The Morgan fingerprint density at radius 3 is 2.65 bits per heavy atom. The molecule has 3 saturated carbocycles. The lowest BCUT2D eigenvalue weighted by Gasteiger charge is -2.57. The summed E-state index contributed by atoms with van der Waals surface area (Å²) in [5.41, 5.74) is 3.54. The maximum Gasteiger partial charge on any atom is 0.168 e. The highest BCUT2D eigenvalue weighted by Crippen LogP contribution is 2.65. The molecule has 4 heteroatoms. The number of carbonyl (C=O) groups excluding carboxylic acids is 1. The molecular formula is C22H31BrO3. The molecule has 0 aromatic heterocycles. The van der Waals surface area contributed by atoms with Crippen molar-refractivity contribution in [2.75, 3.05) is 18.5 Å². The first kappa shape index (κ1) is 17.9. The van der Waals surface area contributed by atoms with Gasteiger partial charge < -0.3 is 9.47 Å². The summed E-state index contributed by atoms with van der Waals surface area (Å²) in [7, 11) is 0. The molecule has 0 amide bonds. The van der Waals surface area contributed by atoms with Crippen molar-refractivity contribution in [3.8, 4) is 0 Å². The Hall–Kier alpha value is -0.190. The molecule has 1 heterocycles. The van der Waals surface area contributed by atoms with Gasteiger partial charge in [0.1, 0.15) is 5.78 Å². The number of halogens is 1. The largest absolute Gasteiger partial charge is 0.348 e. The second kappa shape index (κ2) is 6.15. The summed E-state index contributed by atoms with van der Waals surface area (Å²) in [5, 5.41) is 0.942. The molecule has 3 unspecified atom stereocenters. The normalized spacial score (nSPS) is 44.2. The van der Waals surface area contributed by atoms with Gasteiger partial charge in [-0.1, -0.05) is 34.0 Å². The molecular weight excluding hydrogens is 392 g/mol. The van der Waals surface area contributed by atoms with Crippen molar-refractivity contribution in [2.45, 2.75) is 76.9 Å². The molecule has 0 bridgehead atoms. The van der Waals surface area contributed by atoms with Crippen LogP contribution in [0.25, 0.3) is 0 Å². The zero-order chi connectivity index (χ0) is 18.0. The van der Waals surface area contributed by atoms with E-state index in [0.29, 0.717) is 23.0 Å². The standard InChI is InChI=1S/C22H31BrO3/c1-20-8-9-22(25-12-13-26-22)14-15(20)2-3-16-17(20)6-7-21(10-11-23)18(16)4-5-19(21)24/h15,17H,2-14H2,1H3/t15?,17?,20-,21?/m0/s1. The van der Waals surface area contributed by atoms with E-state index < -0.39 is 0 Å². The number of Topliss-reactive ketones (excluding diaryl/α,β-unsaturated/α-hetero) is 1. The number of hydrogen-bond donors (Lipinski definition) is 0. The summed E-state index contributed by atoms with van der Waals surface area (Å²) in [5.74, 6) is 1.64. The van der Waals surface area contributed by atoms with Crippen LogP contribution in [0.1, 0.15) is 71.1 Å². The van der Waals surface area contributed by atoms with Gasteiger partial charge in [0.2, 0.25) is 0 Å². The Labute approximate surface area is 165 Å². The highest BCUT2D eigenvalue weighted by molar-refractivity contribution is 9.09. The summed E-state index contributed by atoms with van der Waals surface area (Å²) in [6.07, 6.45) is 10.9. The van der Waals surface area contributed by atoms with Crippen LogP contribution in [0.5, 0.6) is 0 Å². The zero-order valence-electron chi connectivity index (χ0n) is 15.9. The minimum atomic E-state index is -0.271. The number of alkyl halides is 1. The van der Waals surface area contributed by atoms with Crippen molar-refractivity contribution in [2.24, 2.45) is 22.7 Å². The third kappa shape index (κ3) is 2.34. The number of allylic oxidation sites excluding steroid dienone is 2. The predicted molar refractivity (Wildman–Crippen MR) is 104 cm³/mol. The van der Waals surface area contributed by atoms with Crippen LogP contribution in [0.15, 0.2) is 11.1 Å². The number of fused-ring (bicyclic) bond motifs is 4. The summed E-state index contributed by atoms with van der Waals surface area (Å²) in [6.45, 7) is 4.07. The third-order valence-electron chi connectivity index (χ3n) is 8.81. The number of hydrogen-bond acceptors (Lipinski definition) is 3. The van der Waals surface area contributed by atoms with Crippen LogP contribution in [0, 0.1) is 22.7 Å². The van der Waals surface area contributed by atoms with Gasteiger partial charge in [-0.2, -0.15) is 0 Å². The Kier molecular flexibility index (Phi) is 4.23. The number of ketones is 1. The SMILES string of the molecule is C[C@]12CCC3(CC1CCC1=C4CCC(=O)C4(CCBr)CCC12)OCCO3. The summed E-state index contributed by atoms with van der Waals surface area (Å²) < 4.78 is 12.1. The lowest BCUT2D eigenvalue weighted by Crippen LogP contribution is -2.52. The van der Waals surface area contributed by atoms with E-state index in [2.05, 4.69) is 22.9 Å². The topological polar surface area (TPSA) is 35.5 Å². The van der Waals surface area contributed by atoms with Gasteiger partial charge in [0.25, 0.3) is 0 Å². The fraction of sp³-hybridized carbons (Fsp3) is 0.864. The van der Waals surface area contributed by atoms with Crippen LogP contribution in [0.4, 0.5) is 0 Å². The average molecular weight is 423 g/mol. The van der Waals surface area contributed by atoms with E-state index in [0.717, 1.165) is 57.1 Å². The highest BCUT2D eigenvalue weighted by Gasteiger charge is 2.59. The highest BCUT2D eigenvalue weighted by atomic mass is 79.9. The van der Waals surface area contributed by atoms with E-state index in [9.17, 15) is 4.79 Å². The van der Waals surface area contributed by atoms with Crippen molar-refractivity contribution in [1.82, 2.24) is 0 Å². The van der Waals surface area contributed by atoms with E-state index >= 15 is 0 Å². The Morgan fingerprint density at radius 2 is 1.88 bits per heavy atom. The van der Waals surface area contributed by atoms with Gasteiger partial charge >= 0.3 is 0 Å². The van der Waals surface area contributed by atoms with Gasteiger partial charge in [0, 0.05) is 24.6 Å². The molecule has 4 atom stereocenters. The smallest absolute Gasteiger partial charge is 0.168 e. The maximum absolute atomic E-state index is 12.8. The zero-order valence-corrected chi connectivity index (χ0v) is 17.5. The van der Waals surface area contributed by atoms with Crippen LogP contribution in [-0.4, -0.2) is 30.1 Å². The van der Waals surface area contributed by atoms with Crippen molar-refractivity contribution in [1.29, 1.82) is 0 Å². The monoisotopic (exact) mass is 422 g/mol. The van der Waals surface area contributed by atoms with Crippen molar-refractivity contribution in [3.63, 3.8) is 0 Å². The molecule has 144 valence electrons. The molecule has 0 N–H and O–H groups in total. The molecule has 0 radical (unpaired) electrons. The second-order valence-electron chi connectivity index (χ2n) is 9.59. The van der Waals surface area contributed by atoms with Gasteiger partial charge in [-0.15, -0.1) is 0 Å². The summed E-state index contributed by atoms with van der Waals surface area (Å²) in [6, 6.07) is 0. The predicted octanol–water partition coefficient (Wildman–Crippen LogP) is 5.17. The molecule has 4 aliphatic carbocycles. The molecule has 1 spiro atoms. The van der Waals surface area contributed by atoms with Gasteiger partial charge in [-0.05, 0) is 62.2 Å². The minimum absolute atomic E-state index is 0.105. The summed E-state index contributed by atoms with van der Waals surface area (Å²) >= 11 is 3.63. The molecule has 26 heavy (non-hydrogen) atoms. The Bertz CT molecular complexity index is 650. The van der Waals surface area contributed by atoms with Crippen LogP contribution in [0.2, 0.25) is 0 Å². The fourth-order valence-electron chi connectivity index (χ4n) is 7.40. The lowest BCUT2D eigenvalue weighted by molar-refractivity contribution is -0.215. The maximum atomic E-state index is 12.8. The first-order chi connectivity index (χ1) is 12.5. The molecule has 1 saturated heterocycles. The van der Waals surface area contributed by atoms with Crippen molar-refractivity contribution < 1.29 is 14.3 Å². The molecule has 3 nitrogen and oxygen atoms in total. The molecule has 0 aromatic rings. The van der Waals surface area contributed by atoms with E-state index in [1.54, 1.807) is 11.1 Å². The van der Waals surface area contributed by atoms with Gasteiger partial charge in [0.05, 0.1) is 18.6 Å². The third-order valence-corrected chi connectivity index (χ3v) is 9.21. The van der Waals surface area contributed by atoms with Gasteiger partial charge in [-0.3, -0.25) is 4.79 Å². The molecule has 1 aliphatic heterocycles. The molecule has 4 fully saturated rings. The average Bonchev–Trinajstić information content (AvgIpc) is 3.22. The van der Waals surface area contributed by atoms with Gasteiger partial charge in [0.15, 0.2) is 5.79 Å². The van der Waals surface area contributed by atoms with E-state index in [1.165, 1.54) is 25.7 Å². The molecule has 5 rings (SSSR count). The first-order valence-electron chi connectivity index (χ1n) is 10.6. The van der Waals surface area contributed by atoms with Gasteiger partial charge in [-0.25, -0.2) is 0 Å². The van der Waals surface area contributed by atoms with E-state index in [1.807, 2.05) is 0 Å². The Balaban J connectivity index is 1.49. The fourth-order valence-corrected chi connectivity index (χ4v) is 8.08. The number of rotatable bonds is 2. The second-order valence-corrected chi connectivity index (χ2v) is 10.4. The van der Waals surface area contributed by atoms with Crippen LogP contribution in [-0.2, 0) is 14.3 Å². The summed E-state index contributed by atoms with van der Waals surface area (Å²) in [4.78, 5) is 12.8. The molecule has 5 aliphatic rings.